The van der Waals surface area contributed by atoms with Crippen molar-refractivity contribution < 1.29 is 23.5 Å². The smallest absolute Gasteiger partial charge is 0.291 e. The third-order valence-electron chi connectivity index (χ3n) is 4.72. The number of benzene rings is 2. The van der Waals surface area contributed by atoms with Crippen molar-refractivity contribution in [2.24, 2.45) is 0 Å². The number of furan rings is 1. The first-order valence-electron chi connectivity index (χ1n) is 9.77. The molecule has 7 heteroatoms. The van der Waals surface area contributed by atoms with Crippen LogP contribution < -0.4 is 15.4 Å². The van der Waals surface area contributed by atoms with Gasteiger partial charge in [0.1, 0.15) is 18.5 Å². The molecule has 0 spiro atoms. The molecular weight excluding hydrogens is 384 g/mol. The van der Waals surface area contributed by atoms with Crippen LogP contribution in [-0.4, -0.2) is 24.5 Å². The maximum Gasteiger partial charge on any atom is 0.291 e. The van der Waals surface area contributed by atoms with Crippen LogP contribution in [0.3, 0.4) is 0 Å². The Morgan fingerprint density at radius 2 is 1.70 bits per heavy atom. The fourth-order valence-corrected chi connectivity index (χ4v) is 3.16. The summed E-state index contributed by atoms with van der Waals surface area (Å²) < 4.78 is 16.4. The summed E-state index contributed by atoms with van der Waals surface area (Å²) in [7, 11) is 0. The largest absolute Gasteiger partial charge is 0.489 e. The zero-order chi connectivity index (χ0) is 20.8. The maximum absolute atomic E-state index is 12.6. The van der Waals surface area contributed by atoms with E-state index in [-0.39, 0.29) is 30.3 Å². The van der Waals surface area contributed by atoms with Crippen LogP contribution in [-0.2, 0) is 16.1 Å². The van der Waals surface area contributed by atoms with Gasteiger partial charge < -0.3 is 24.5 Å². The van der Waals surface area contributed by atoms with Crippen molar-refractivity contribution in [1.82, 2.24) is 0 Å². The lowest BCUT2D eigenvalue weighted by molar-refractivity contribution is -0.124. The first-order chi connectivity index (χ1) is 14.7. The van der Waals surface area contributed by atoms with Crippen LogP contribution in [0.1, 0.15) is 29.0 Å². The summed E-state index contributed by atoms with van der Waals surface area (Å²) in [6, 6.07) is 17.9. The van der Waals surface area contributed by atoms with Crippen LogP contribution in [0.4, 0.5) is 11.4 Å². The summed E-state index contributed by atoms with van der Waals surface area (Å²) in [5.74, 6) is 0.387. The van der Waals surface area contributed by atoms with Gasteiger partial charge in [-0.3, -0.25) is 9.59 Å². The first-order valence-corrected chi connectivity index (χ1v) is 9.77. The van der Waals surface area contributed by atoms with Crippen molar-refractivity contribution in [3.8, 4) is 5.75 Å². The number of carbonyl (C=O) groups is 2. The predicted octanol–water partition coefficient (Wildman–Crippen LogP) is 4.23. The number of nitrogens with one attached hydrogen (secondary N) is 2. The number of rotatable bonds is 7. The SMILES string of the molecule is O=C(Nc1ccc(NC(=O)C2CCCO2)cc1)c1occc1COc1ccccc1. The summed E-state index contributed by atoms with van der Waals surface area (Å²) in [6.07, 6.45) is 2.70. The Balaban J connectivity index is 1.34. The number of amides is 2. The van der Waals surface area contributed by atoms with E-state index in [9.17, 15) is 9.59 Å². The highest BCUT2D eigenvalue weighted by molar-refractivity contribution is 6.03. The van der Waals surface area contributed by atoms with Crippen molar-refractivity contribution in [3.63, 3.8) is 0 Å². The highest BCUT2D eigenvalue weighted by Crippen LogP contribution is 2.20. The van der Waals surface area contributed by atoms with E-state index in [4.69, 9.17) is 13.9 Å². The average Bonchev–Trinajstić information content (AvgIpc) is 3.47. The molecule has 4 rings (SSSR count). The van der Waals surface area contributed by atoms with Gasteiger partial charge in [-0.25, -0.2) is 0 Å². The van der Waals surface area contributed by atoms with E-state index in [2.05, 4.69) is 10.6 Å². The van der Waals surface area contributed by atoms with Gasteiger partial charge >= 0.3 is 0 Å². The summed E-state index contributed by atoms with van der Waals surface area (Å²) in [5, 5.41) is 5.61. The minimum absolute atomic E-state index is 0.150. The van der Waals surface area contributed by atoms with Gasteiger partial charge in [-0.15, -0.1) is 0 Å². The monoisotopic (exact) mass is 406 g/mol. The second-order valence-corrected chi connectivity index (χ2v) is 6.90. The van der Waals surface area contributed by atoms with Gasteiger partial charge in [0.2, 0.25) is 0 Å². The number of hydrogen-bond donors (Lipinski definition) is 2. The number of para-hydroxylation sites is 1. The minimum Gasteiger partial charge on any atom is -0.489 e. The standard InChI is InChI=1S/C23H22N2O5/c26-22(20-7-4-13-28-20)24-17-8-10-18(11-9-17)25-23(27)21-16(12-14-29-21)15-30-19-5-2-1-3-6-19/h1-3,5-6,8-12,14,20H,4,7,13,15H2,(H,24,26)(H,25,27). The number of ether oxygens (including phenoxy) is 2. The molecule has 0 aliphatic carbocycles. The number of hydrogen-bond acceptors (Lipinski definition) is 5. The Morgan fingerprint density at radius 1 is 0.967 bits per heavy atom. The van der Waals surface area contributed by atoms with E-state index in [0.29, 0.717) is 29.3 Å². The van der Waals surface area contributed by atoms with Crippen molar-refractivity contribution in [2.45, 2.75) is 25.6 Å². The zero-order valence-corrected chi connectivity index (χ0v) is 16.3. The minimum atomic E-state index is -0.389. The quantitative estimate of drug-likeness (QED) is 0.613. The normalized spacial score (nSPS) is 15.5. The predicted molar refractivity (Wildman–Crippen MR) is 111 cm³/mol. The average molecular weight is 406 g/mol. The molecule has 0 radical (unpaired) electrons. The molecular formula is C23H22N2O5. The molecule has 1 aromatic heterocycles. The van der Waals surface area contributed by atoms with Crippen LogP contribution in [0.2, 0.25) is 0 Å². The summed E-state index contributed by atoms with van der Waals surface area (Å²) in [4.78, 5) is 24.7. The van der Waals surface area contributed by atoms with Crippen LogP contribution in [0.5, 0.6) is 5.75 Å². The number of carbonyl (C=O) groups excluding carboxylic acids is 2. The third-order valence-corrected chi connectivity index (χ3v) is 4.72. The van der Waals surface area contributed by atoms with Gasteiger partial charge in [0.05, 0.1) is 6.26 Å². The van der Waals surface area contributed by atoms with Crippen molar-refractivity contribution in [2.75, 3.05) is 17.2 Å². The fraction of sp³-hybridized carbons (Fsp3) is 0.217. The molecule has 7 nitrogen and oxygen atoms in total. The van der Waals surface area contributed by atoms with Crippen molar-refractivity contribution in [1.29, 1.82) is 0 Å². The van der Waals surface area contributed by atoms with Crippen molar-refractivity contribution >= 4 is 23.2 Å². The molecule has 2 heterocycles. The Bertz CT molecular complexity index is 992. The second-order valence-electron chi connectivity index (χ2n) is 6.90. The van der Waals surface area contributed by atoms with E-state index < -0.39 is 0 Å². The van der Waals surface area contributed by atoms with E-state index in [0.717, 1.165) is 12.8 Å². The highest BCUT2D eigenvalue weighted by atomic mass is 16.5. The first kappa shape index (κ1) is 19.7. The molecule has 1 aliphatic rings. The molecule has 0 saturated carbocycles. The topological polar surface area (TPSA) is 89.8 Å². The third kappa shape index (κ3) is 4.87. The zero-order valence-electron chi connectivity index (χ0n) is 16.3. The molecule has 30 heavy (non-hydrogen) atoms. The molecule has 2 amide bonds. The van der Waals surface area contributed by atoms with Gasteiger partial charge in [0.15, 0.2) is 5.76 Å². The molecule has 1 saturated heterocycles. The molecule has 1 unspecified atom stereocenters. The van der Waals surface area contributed by atoms with Crippen LogP contribution in [0.25, 0.3) is 0 Å². The molecule has 1 aliphatic heterocycles. The van der Waals surface area contributed by atoms with E-state index in [1.165, 1.54) is 6.26 Å². The Morgan fingerprint density at radius 3 is 2.40 bits per heavy atom. The van der Waals surface area contributed by atoms with Gasteiger partial charge in [0, 0.05) is 23.5 Å². The van der Waals surface area contributed by atoms with Crippen LogP contribution >= 0.6 is 0 Å². The second kappa shape index (κ2) is 9.28. The lowest BCUT2D eigenvalue weighted by Crippen LogP contribution is -2.26. The van der Waals surface area contributed by atoms with Crippen molar-refractivity contribution in [3.05, 3.63) is 78.3 Å². The molecule has 1 fully saturated rings. The van der Waals surface area contributed by atoms with Crippen LogP contribution in [0, 0.1) is 0 Å². The highest BCUT2D eigenvalue weighted by Gasteiger charge is 2.23. The Kier molecular flexibility index (Phi) is 6.10. The maximum atomic E-state index is 12.6. The molecule has 3 aromatic rings. The molecule has 0 bridgehead atoms. The Labute approximate surface area is 174 Å². The molecule has 154 valence electrons. The lowest BCUT2D eigenvalue weighted by atomic mass is 10.2. The summed E-state index contributed by atoms with van der Waals surface area (Å²) >= 11 is 0. The van der Waals surface area contributed by atoms with E-state index in [1.807, 2.05) is 30.3 Å². The number of anilines is 2. The van der Waals surface area contributed by atoms with Gasteiger partial charge in [-0.05, 0) is 55.3 Å². The van der Waals surface area contributed by atoms with Gasteiger partial charge in [-0.1, -0.05) is 18.2 Å². The summed E-state index contributed by atoms with van der Waals surface area (Å²) in [6.45, 7) is 0.839. The lowest BCUT2D eigenvalue weighted by Gasteiger charge is -2.11. The van der Waals surface area contributed by atoms with E-state index >= 15 is 0 Å². The van der Waals surface area contributed by atoms with E-state index in [1.54, 1.807) is 30.3 Å². The molecule has 1 atom stereocenters. The fourth-order valence-electron chi connectivity index (χ4n) is 3.16. The van der Waals surface area contributed by atoms with Gasteiger partial charge in [0.25, 0.3) is 11.8 Å². The van der Waals surface area contributed by atoms with Crippen LogP contribution in [0.15, 0.2) is 71.3 Å². The Hall–Kier alpha value is -3.58. The molecule has 2 N–H and O–H groups in total. The van der Waals surface area contributed by atoms with Gasteiger partial charge in [-0.2, -0.15) is 0 Å². The summed E-state index contributed by atoms with van der Waals surface area (Å²) in [5.41, 5.74) is 1.88. The molecule has 2 aromatic carbocycles.